The molecule has 0 amide bonds. The van der Waals surface area contributed by atoms with Crippen LogP contribution >= 0.6 is 11.6 Å². The van der Waals surface area contributed by atoms with Crippen LogP contribution < -0.4 is 9.47 Å². The number of hydrogen-bond acceptors (Lipinski definition) is 5. The molecule has 1 aromatic heterocycles. The van der Waals surface area contributed by atoms with Crippen LogP contribution in [-0.4, -0.2) is 47.8 Å². The fourth-order valence-electron chi connectivity index (χ4n) is 3.41. The van der Waals surface area contributed by atoms with E-state index in [1.807, 2.05) is 24.5 Å². The van der Waals surface area contributed by atoms with Gasteiger partial charge in [-0.3, -0.25) is 14.8 Å². The zero-order valence-electron chi connectivity index (χ0n) is 14.2. The summed E-state index contributed by atoms with van der Waals surface area (Å²) in [5.74, 6) is 1.54. The smallest absolute Gasteiger partial charge is 0.231 e. The first-order chi connectivity index (χ1) is 12.3. The van der Waals surface area contributed by atoms with Crippen LogP contribution in [0.5, 0.6) is 11.5 Å². The molecule has 0 N–H and O–H groups in total. The molecule has 1 fully saturated rings. The Balaban J connectivity index is 1.37. The van der Waals surface area contributed by atoms with Crippen molar-refractivity contribution >= 4 is 11.6 Å². The van der Waals surface area contributed by atoms with E-state index in [2.05, 4.69) is 26.9 Å². The molecule has 6 heteroatoms. The maximum absolute atomic E-state index is 6.43. The molecule has 0 unspecified atom stereocenters. The van der Waals surface area contributed by atoms with Crippen LogP contribution in [0.4, 0.5) is 0 Å². The average Bonchev–Trinajstić information content (AvgIpc) is 2.95. The quantitative estimate of drug-likeness (QED) is 0.838. The molecule has 0 saturated carbocycles. The fourth-order valence-corrected chi connectivity index (χ4v) is 3.62. The molecule has 1 aromatic carbocycles. The summed E-state index contributed by atoms with van der Waals surface area (Å²) in [7, 11) is 0. The Labute approximate surface area is 153 Å². The number of benzene rings is 1. The highest BCUT2D eigenvalue weighted by Gasteiger charge is 2.20. The van der Waals surface area contributed by atoms with E-state index in [4.69, 9.17) is 21.1 Å². The van der Waals surface area contributed by atoms with Gasteiger partial charge in [-0.05, 0) is 48.8 Å². The predicted molar refractivity (Wildman–Crippen MR) is 97.0 cm³/mol. The molecule has 132 valence electrons. The lowest BCUT2D eigenvalue weighted by Crippen LogP contribution is -2.30. The minimum absolute atomic E-state index is 0.281. The van der Waals surface area contributed by atoms with Gasteiger partial charge in [0.2, 0.25) is 6.79 Å². The number of rotatable bonds is 4. The van der Waals surface area contributed by atoms with Crippen molar-refractivity contribution < 1.29 is 9.47 Å². The summed E-state index contributed by atoms with van der Waals surface area (Å²) in [6.07, 6.45) is 4.88. The van der Waals surface area contributed by atoms with E-state index in [-0.39, 0.29) is 6.79 Å². The van der Waals surface area contributed by atoms with Crippen LogP contribution in [0, 0.1) is 0 Å². The lowest BCUT2D eigenvalue weighted by molar-refractivity contribution is 0.174. The summed E-state index contributed by atoms with van der Waals surface area (Å²) in [6, 6.07) is 8.07. The van der Waals surface area contributed by atoms with E-state index in [0.717, 1.165) is 67.8 Å². The van der Waals surface area contributed by atoms with Gasteiger partial charge in [0.15, 0.2) is 11.5 Å². The third kappa shape index (κ3) is 4.06. The van der Waals surface area contributed by atoms with Gasteiger partial charge >= 0.3 is 0 Å². The Bertz CT molecular complexity index is 726. The van der Waals surface area contributed by atoms with Crippen molar-refractivity contribution in [2.24, 2.45) is 0 Å². The molecule has 1 saturated heterocycles. The van der Waals surface area contributed by atoms with Gasteiger partial charge in [0.05, 0.1) is 0 Å². The maximum Gasteiger partial charge on any atom is 0.231 e. The molecule has 0 atom stereocenters. The largest absolute Gasteiger partial charge is 0.454 e. The van der Waals surface area contributed by atoms with E-state index >= 15 is 0 Å². The SMILES string of the molecule is Clc1cc2c(cc1CN1CCCN(Cc3ccncc3)CC1)OCO2. The molecular weight excluding hydrogens is 338 g/mol. The summed E-state index contributed by atoms with van der Waals surface area (Å²) in [6.45, 7) is 6.41. The third-order valence-corrected chi connectivity index (χ3v) is 5.12. The van der Waals surface area contributed by atoms with Crippen molar-refractivity contribution in [1.82, 2.24) is 14.8 Å². The summed E-state index contributed by atoms with van der Waals surface area (Å²) in [5.41, 5.74) is 2.43. The van der Waals surface area contributed by atoms with Gasteiger partial charge in [-0.1, -0.05) is 11.6 Å². The second kappa shape index (κ2) is 7.60. The molecule has 3 heterocycles. The number of nitrogens with zero attached hydrogens (tertiary/aromatic N) is 3. The number of halogens is 1. The second-order valence-corrected chi connectivity index (χ2v) is 6.97. The van der Waals surface area contributed by atoms with E-state index in [0.29, 0.717) is 0 Å². The van der Waals surface area contributed by atoms with Gasteiger partial charge in [-0.25, -0.2) is 0 Å². The predicted octanol–water partition coefficient (Wildman–Crippen LogP) is 3.17. The molecule has 4 rings (SSSR count). The highest BCUT2D eigenvalue weighted by atomic mass is 35.5. The first-order valence-electron chi connectivity index (χ1n) is 8.69. The van der Waals surface area contributed by atoms with Crippen LogP contribution in [0.25, 0.3) is 0 Å². The van der Waals surface area contributed by atoms with E-state index in [1.165, 1.54) is 5.56 Å². The molecule has 5 nitrogen and oxygen atoms in total. The van der Waals surface area contributed by atoms with E-state index in [1.54, 1.807) is 0 Å². The lowest BCUT2D eigenvalue weighted by atomic mass is 10.2. The Morgan fingerprint density at radius 1 is 0.920 bits per heavy atom. The Morgan fingerprint density at radius 3 is 2.36 bits per heavy atom. The third-order valence-electron chi connectivity index (χ3n) is 4.77. The Hall–Kier alpha value is -1.82. The van der Waals surface area contributed by atoms with Gasteiger partial charge in [-0.15, -0.1) is 0 Å². The number of fused-ring (bicyclic) bond motifs is 1. The van der Waals surface area contributed by atoms with Gasteiger partial charge < -0.3 is 9.47 Å². The van der Waals surface area contributed by atoms with Crippen molar-refractivity contribution in [3.05, 3.63) is 52.8 Å². The van der Waals surface area contributed by atoms with Crippen molar-refractivity contribution in [3.8, 4) is 11.5 Å². The van der Waals surface area contributed by atoms with Gasteiger partial charge in [-0.2, -0.15) is 0 Å². The summed E-state index contributed by atoms with van der Waals surface area (Å²) >= 11 is 6.43. The first kappa shape index (κ1) is 16.6. The van der Waals surface area contributed by atoms with Crippen molar-refractivity contribution in [2.75, 3.05) is 33.0 Å². The molecule has 0 aliphatic carbocycles. The lowest BCUT2D eigenvalue weighted by Gasteiger charge is -2.22. The molecular formula is C19H22ClN3O2. The van der Waals surface area contributed by atoms with Crippen LogP contribution in [-0.2, 0) is 13.1 Å². The summed E-state index contributed by atoms with van der Waals surface area (Å²) in [4.78, 5) is 9.07. The zero-order valence-corrected chi connectivity index (χ0v) is 14.9. The first-order valence-corrected chi connectivity index (χ1v) is 9.07. The Morgan fingerprint density at radius 2 is 1.60 bits per heavy atom. The summed E-state index contributed by atoms with van der Waals surface area (Å²) < 4.78 is 10.9. The molecule has 2 aliphatic heterocycles. The Kier molecular flexibility index (Phi) is 5.06. The van der Waals surface area contributed by atoms with Crippen LogP contribution in [0.1, 0.15) is 17.5 Å². The molecule has 25 heavy (non-hydrogen) atoms. The average molecular weight is 360 g/mol. The van der Waals surface area contributed by atoms with E-state index in [9.17, 15) is 0 Å². The van der Waals surface area contributed by atoms with Crippen molar-refractivity contribution in [1.29, 1.82) is 0 Å². The molecule has 0 bridgehead atoms. The molecule has 2 aromatic rings. The normalized spacial score (nSPS) is 18.3. The molecule has 2 aliphatic rings. The summed E-state index contributed by atoms with van der Waals surface area (Å²) in [5, 5.41) is 0.752. The van der Waals surface area contributed by atoms with Crippen LogP contribution in [0.2, 0.25) is 5.02 Å². The number of pyridine rings is 1. The van der Waals surface area contributed by atoms with Crippen molar-refractivity contribution in [2.45, 2.75) is 19.5 Å². The van der Waals surface area contributed by atoms with Crippen LogP contribution in [0.3, 0.4) is 0 Å². The highest BCUT2D eigenvalue weighted by molar-refractivity contribution is 6.31. The molecule has 0 spiro atoms. The zero-order chi connectivity index (χ0) is 17.1. The number of aromatic nitrogens is 1. The molecule has 0 radical (unpaired) electrons. The maximum atomic E-state index is 6.43. The number of hydrogen-bond donors (Lipinski definition) is 0. The topological polar surface area (TPSA) is 37.8 Å². The number of ether oxygens (including phenoxy) is 2. The second-order valence-electron chi connectivity index (χ2n) is 6.56. The standard InChI is InChI=1S/C19H22ClN3O2/c20-17-11-19-18(24-14-25-19)10-16(17)13-23-7-1-6-22(8-9-23)12-15-2-4-21-5-3-15/h2-5,10-11H,1,6-9,12-14H2. The minimum atomic E-state index is 0.281. The van der Waals surface area contributed by atoms with Crippen molar-refractivity contribution in [3.63, 3.8) is 0 Å². The van der Waals surface area contributed by atoms with Gasteiger partial charge in [0.25, 0.3) is 0 Å². The van der Waals surface area contributed by atoms with E-state index < -0.39 is 0 Å². The van der Waals surface area contributed by atoms with Gasteiger partial charge in [0, 0.05) is 49.7 Å². The highest BCUT2D eigenvalue weighted by Crippen LogP contribution is 2.37. The van der Waals surface area contributed by atoms with Crippen LogP contribution in [0.15, 0.2) is 36.7 Å². The fraction of sp³-hybridized carbons (Fsp3) is 0.421. The monoisotopic (exact) mass is 359 g/mol. The van der Waals surface area contributed by atoms with Gasteiger partial charge in [0.1, 0.15) is 0 Å². The minimum Gasteiger partial charge on any atom is -0.454 e.